The van der Waals surface area contributed by atoms with E-state index >= 15 is 0 Å². The van der Waals surface area contributed by atoms with Gasteiger partial charge in [-0.05, 0) is 17.5 Å². The second kappa shape index (κ2) is 5.60. The number of hydrogen-bond acceptors (Lipinski definition) is 3. The summed E-state index contributed by atoms with van der Waals surface area (Å²) in [5, 5.41) is 3.18. The molecule has 0 aliphatic rings. The largest absolute Gasteiger partial charge is 0.383 e. The zero-order valence-electron chi connectivity index (χ0n) is 9.08. The van der Waals surface area contributed by atoms with Gasteiger partial charge in [0.15, 0.2) is 0 Å². The number of rotatable bonds is 5. The zero-order chi connectivity index (χ0) is 10.4. The van der Waals surface area contributed by atoms with Crippen molar-refractivity contribution in [3.63, 3.8) is 0 Å². The molecule has 1 heterocycles. The van der Waals surface area contributed by atoms with Crippen LogP contribution < -0.4 is 5.32 Å². The third kappa shape index (κ3) is 3.34. The molecule has 0 atom stereocenters. The van der Waals surface area contributed by atoms with Gasteiger partial charge in [0.25, 0.3) is 0 Å². The molecule has 0 fully saturated rings. The van der Waals surface area contributed by atoms with Gasteiger partial charge in [-0.1, -0.05) is 19.9 Å². The monoisotopic (exact) mass is 194 g/mol. The fourth-order valence-corrected chi connectivity index (χ4v) is 1.13. The Hall–Kier alpha value is -1.09. The molecule has 3 nitrogen and oxygen atoms in total. The number of ether oxygens (including phenoxy) is 1. The van der Waals surface area contributed by atoms with Crippen molar-refractivity contribution in [1.82, 2.24) is 4.98 Å². The van der Waals surface area contributed by atoms with Crippen LogP contribution in [0.5, 0.6) is 0 Å². The van der Waals surface area contributed by atoms with Gasteiger partial charge in [-0.15, -0.1) is 0 Å². The molecule has 1 rings (SSSR count). The van der Waals surface area contributed by atoms with E-state index in [0.717, 1.165) is 12.4 Å². The molecule has 0 bridgehead atoms. The van der Waals surface area contributed by atoms with Crippen LogP contribution in [0.1, 0.15) is 25.3 Å². The maximum Gasteiger partial charge on any atom is 0.125 e. The standard InChI is InChI=1S/C11H18N2O/c1-9(2)10-4-5-11(13-8-10)12-6-7-14-3/h4-5,8-9H,6-7H2,1-3H3,(H,12,13). The number of nitrogens with one attached hydrogen (secondary N) is 1. The van der Waals surface area contributed by atoms with Crippen LogP contribution in [0.25, 0.3) is 0 Å². The van der Waals surface area contributed by atoms with Crippen molar-refractivity contribution >= 4 is 5.82 Å². The van der Waals surface area contributed by atoms with Crippen molar-refractivity contribution in [2.24, 2.45) is 0 Å². The summed E-state index contributed by atoms with van der Waals surface area (Å²) in [5.41, 5.74) is 1.27. The predicted molar refractivity (Wildman–Crippen MR) is 58.7 cm³/mol. The van der Waals surface area contributed by atoms with Gasteiger partial charge >= 0.3 is 0 Å². The summed E-state index contributed by atoms with van der Waals surface area (Å²) in [6, 6.07) is 4.11. The highest BCUT2D eigenvalue weighted by Crippen LogP contribution is 2.14. The topological polar surface area (TPSA) is 34.1 Å². The summed E-state index contributed by atoms with van der Waals surface area (Å²) in [7, 11) is 1.69. The highest BCUT2D eigenvalue weighted by molar-refractivity contribution is 5.35. The number of aromatic nitrogens is 1. The number of hydrogen-bond donors (Lipinski definition) is 1. The van der Waals surface area contributed by atoms with Crippen LogP contribution in [0.2, 0.25) is 0 Å². The second-order valence-electron chi connectivity index (χ2n) is 3.55. The fraction of sp³-hybridized carbons (Fsp3) is 0.545. The molecule has 0 aliphatic heterocycles. The van der Waals surface area contributed by atoms with Crippen LogP contribution >= 0.6 is 0 Å². The molecule has 0 amide bonds. The van der Waals surface area contributed by atoms with E-state index in [0.29, 0.717) is 12.5 Å². The van der Waals surface area contributed by atoms with E-state index in [9.17, 15) is 0 Å². The molecule has 3 heteroatoms. The Labute approximate surface area is 85.5 Å². The van der Waals surface area contributed by atoms with Crippen molar-refractivity contribution in [2.75, 3.05) is 25.6 Å². The molecule has 1 aromatic heterocycles. The zero-order valence-corrected chi connectivity index (χ0v) is 9.08. The van der Waals surface area contributed by atoms with Gasteiger partial charge < -0.3 is 10.1 Å². The summed E-state index contributed by atoms with van der Waals surface area (Å²) in [5.74, 6) is 1.45. The molecule has 0 saturated heterocycles. The third-order valence-electron chi connectivity index (χ3n) is 2.07. The minimum Gasteiger partial charge on any atom is -0.383 e. The van der Waals surface area contributed by atoms with E-state index < -0.39 is 0 Å². The first kappa shape index (κ1) is 11.0. The van der Waals surface area contributed by atoms with Crippen molar-refractivity contribution in [3.05, 3.63) is 23.9 Å². The Morgan fingerprint density at radius 3 is 2.71 bits per heavy atom. The number of anilines is 1. The van der Waals surface area contributed by atoms with Crippen LogP contribution in [0.3, 0.4) is 0 Å². The predicted octanol–water partition coefficient (Wildman–Crippen LogP) is 2.26. The van der Waals surface area contributed by atoms with Crippen LogP contribution in [-0.4, -0.2) is 25.2 Å². The number of nitrogens with zero attached hydrogens (tertiary/aromatic N) is 1. The Bertz CT molecular complexity index is 256. The van der Waals surface area contributed by atoms with Gasteiger partial charge in [-0.2, -0.15) is 0 Å². The summed E-state index contributed by atoms with van der Waals surface area (Å²) >= 11 is 0. The van der Waals surface area contributed by atoms with E-state index in [-0.39, 0.29) is 0 Å². The average Bonchev–Trinajstić information content (AvgIpc) is 2.19. The van der Waals surface area contributed by atoms with Gasteiger partial charge in [0.2, 0.25) is 0 Å². The number of pyridine rings is 1. The minimum atomic E-state index is 0.538. The van der Waals surface area contributed by atoms with Crippen LogP contribution in [0.15, 0.2) is 18.3 Å². The fourth-order valence-electron chi connectivity index (χ4n) is 1.13. The Morgan fingerprint density at radius 1 is 1.43 bits per heavy atom. The van der Waals surface area contributed by atoms with Crippen LogP contribution in [0.4, 0.5) is 5.82 Å². The first-order valence-corrected chi connectivity index (χ1v) is 4.93. The highest BCUT2D eigenvalue weighted by Gasteiger charge is 1.99. The average molecular weight is 194 g/mol. The van der Waals surface area contributed by atoms with E-state index in [4.69, 9.17) is 4.74 Å². The second-order valence-corrected chi connectivity index (χ2v) is 3.55. The summed E-state index contributed by atoms with van der Waals surface area (Å²) in [4.78, 5) is 4.31. The SMILES string of the molecule is COCCNc1ccc(C(C)C)cn1. The van der Waals surface area contributed by atoms with E-state index in [1.807, 2.05) is 12.3 Å². The Kier molecular flexibility index (Phi) is 4.40. The molecule has 0 aliphatic carbocycles. The molecule has 0 saturated carbocycles. The van der Waals surface area contributed by atoms with Crippen LogP contribution in [0, 0.1) is 0 Å². The lowest BCUT2D eigenvalue weighted by atomic mass is 10.1. The quantitative estimate of drug-likeness (QED) is 0.730. The first-order chi connectivity index (χ1) is 6.74. The van der Waals surface area contributed by atoms with E-state index in [1.54, 1.807) is 7.11 Å². The minimum absolute atomic E-state index is 0.538. The normalized spacial score (nSPS) is 10.6. The lowest BCUT2D eigenvalue weighted by molar-refractivity contribution is 0.210. The molecule has 0 unspecified atom stereocenters. The molecular formula is C11H18N2O. The van der Waals surface area contributed by atoms with Gasteiger partial charge in [0.05, 0.1) is 6.61 Å². The summed E-state index contributed by atoms with van der Waals surface area (Å²) < 4.78 is 4.94. The van der Waals surface area contributed by atoms with Crippen LogP contribution in [-0.2, 0) is 4.74 Å². The lowest BCUT2D eigenvalue weighted by Crippen LogP contribution is -2.08. The molecule has 78 valence electrons. The molecule has 14 heavy (non-hydrogen) atoms. The van der Waals surface area contributed by atoms with Crippen molar-refractivity contribution in [3.8, 4) is 0 Å². The Morgan fingerprint density at radius 2 is 2.21 bits per heavy atom. The van der Waals surface area contributed by atoms with E-state index in [1.165, 1.54) is 5.56 Å². The lowest BCUT2D eigenvalue weighted by Gasteiger charge is -2.07. The van der Waals surface area contributed by atoms with Gasteiger partial charge in [-0.3, -0.25) is 0 Å². The van der Waals surface area contributed by atoms with Crippen molar-refractivity contribution < 1.29 is 4.74 Å². The summed E-state index contributed by atoms with van der Waals surface area (Å²) in [6.45, 7) is 5.82. The number of methoxy groups -OCH3 is 1. The molecule has 0 radical (unpaired) electrons. The Balaban J connectivity index is 2.47. The maximum absolute atomic E-state index is 4.94. The molecule has 1 aromatic rings. The third-order valence-corrected chi connectivity index (χ3v) is 2.07. The highest BCUT2D eigenvalue weighted by atomic mass is 16.5. The van der Waals surface area contributed by atoms with E-state index in [2.05, 4.69) is 30.2 Å². The maximum atomic E-state index is 4.94. The first-order valence-electron chi connectivity index (χ1n) is 4.93. The molecule has 0 spiro atoms. The van der Waals surface area contributed by atoms with Gasteiger partial charge in [0, 0.05) is 19.9 Å². The van der Waals surface area contributed by atoms with Crippen molar-refractivity contribution in [1.29, 1.82) is 0 Å². The molecular weight excluding hydrogens is 176 g/mol. The molecule has 1 N–H and O–H groups in total. The smallest absolute Gasteiger partial charge is 0.125 e. The molecule has 0 aromatic carbocycles. The van der Waals surface area contributed by atoms with Gasteiger partial charge in [0.1, 0.15) is 5.82 Å². The van der Waals surface area contributed by atoms with Gasteiger partial charge in [-0.25, -0.2) is 4.98 Å². The summed E-state index contributed by atoms with van der Waals surface area (Å²) in [6.07, 6.45) is 1.92. The van der Waals surface area contributed by atoms with Crippen molar-refractivity contribution in [2.45, 2.75) is 19.8 Å².